The molecule has 0 fully saturated rings. The van der Waals surface area contributed by atoms with Crippen molar-refractivity contribution in [3.63, 3.8) is 0 Å². The molecule has 0 aromatic heterocycles. The zero-order valence-electron chi connectivity index (χ0n) is 20.9. The number of hydrogen-bond donors (Lipinski definition) is 0. The van der Waals surface area contributed by atoms with Crippen LogP contribution in [0.15, 0.2) is 97.1 Å². The van der Waals surface area contributed by atoms with Gasteiger partial charge < -0.3 is 9.80 Å². The van der Waals surface area contributed by atoms with Crippen LogP contribution in [0.5, 0.6) is 0 Å². The van der Waals surface area contributed by atoms with Crippen molar-refractivity contribution in [1.82, 2.24) is 0 Å². The second kappa shape index (κ2) is 10.4. The van der Waals surface area contributed by atoms with E-state index >= 15 is 0 Å². The maximum absolute atomic E-state index is 2.36. The van der Waals surface area contributed by atoms with Crippen LogP contribution in [0.3, 0.4) is 0 Å². The maximum atomic E-state index is 2.36. The SMILES string of the molecule is Cc1cc(-c2ccc(N(C)C)c(C/C(=C/c3ccccc3)c3ccccc3)c2)ccc1N(C)C. The summed E-state index contributed by atoms with van der Waals surface area (Å²) >= 11 is 0. The van der Waals surface area contributed by atoms with Gasteiger partial charge in [0.15, 0.2) is 0 Å². The van der Waals surface area contributed by atoms with E-state index in [2.05, 4.69) is 148 Å². The first kappa shape index (κ1) is 23.4. The Morgan fingerprint density at radius 2 is 1.21 bits per heavy atom. The first-order chi connectivity index (χ1) is 16.4. The molecular formula is C32H34N2. The Morgan fingerprint density at radius 1 is 0.647 bits per heavy atom. The van der Waals surface area contributed by atoms with E-state index in [4.69, 9.17) is 0 Å². The third kappa shape index (κ3) is 5.40. The molecule has 0 bridgehead atoms. The second-order valence-electron chi connectivity index (χ2n) is 9.26. The van der Waals surface area contributed by atoms with Crippen molar-refractivity contribution < 1.29 is 0 Å². The van der Waals surface area contributed by atoms with Gasteiger partial charge in [0.25, 0.3) is 0 Å². The Hall–Kier alpha value is -3.78. The summed E-state index contributed by atoms with van der Waals surface area (Å²) in [5, 5.41) is 0. The van der Waals surface area contributed by atoms with E-state index in [1.54, 1.807) is 0 Å². The number of hydrogen-bond acceptors (Lipinski definition) is 2. The van der Waals surface area contributed by atoms with Gasteiger partial charge in [-0.05, 0) is 70.1 Å². The van der Waals surface area contributed by atoms with E-state index in [0.717, 1.165) is 6.42 Å². The molecule has 4 aromatic rings. The first-order valence-corrected chi connectivity index (χ1v) is 11.8. The van der Waals surface area contributed by atoms with Gasteiger partial charge in [0.05, 0.1) is 0 Å². The molecule has 0 saturated carbocycles. The van der Waals surface area contributed by atoms with Crippen molar-refractivity contribution in [3.8, 4) is 11.1 Å². The molecule has 34 heavy (non-hydrogen) atoms. The van der Waals surface area contributed by atoms with Crippen molar-refractivity contribution in [2.75, 3.05) is 38.0 Å². The van der Waals surface area contributed by atoms with Crippen LogP contribution in [0.1, 0.15) is 22.3 Å². The fourth-order valence-corrected chi connectivity index (χ4v) is 4.52. The summed E-state index contributed by atoms with van der Waals surface area (Å²) in [6.45, 7) is 2.18. The van der Waals surface area contributed by atoms with E-state index in [-0.39, 0.29) is 0 Å². The molecule has 0 amide bonds. The third-order valence-corrected chi connectivity index (χ3v) is 6.24. The van der Waals surface area contributed by atoms with Gasteiger partial charge in [-0.3, -0.25) is 0 Å². The fourth-order valence-electron chi connectivity index (χ4n) is 4.52. The van der Waals surface area contributed by atoms with Gasteiger partial charge in [-0.15, -0.1) is 0 Å². The molecule has 172 valence electrons. The standard InChI is InChI=1S/C32H34N2/c1-24-20-27(16-18-31(24)33(2)3)28-17-19-32(34(4)5)30(22-28)23-29(26-14-10-7-11-15-26)21-25-12-8-6-9-13-25/h6-22H,23H2,1-5H3/b29-21-. The number of aryl methyl sites for hydroxylation is 1. The summed E-state index contributed by atoms with van der Waals surface area (Å²) in [5.41, 5.74) is 11.4. The molecule has 4 rings (SSSR count). The summed E-state index contributed by atoms with van der Waals surface area (Å²) in [7, 11) is 8.43. The van der Waals surface area contributed by atoms with E-state index < -0.39 is 0 Å². The monoisotopic (exact) mass is 446 g/mol. The van der Waals surface area contributed by atoms with Crippen molar-refractivity contribution in [2.45, 2.75) is 13.3 Å². The van der Waals surface area contributed by atoms with E-state index in [1.807, 2.05) is 0 Å². The van der Waals surface area contributed by atoms with Gasteiger partial charge in [0, 0.05) is 46.0 Å². The van der Waals surface area contributed by atoms with Gasteiger partial charge in [-0.25, -0.2) is 0 Å². The van der Waals surface area contributed by atoms with Crippen LogP contribution in [0, 0.1) is 6.92 Å². The summed E-state index contributed by atoms with van der Waals surface area (Å²) in [5.74, 6) is 0. The predicted octanol–water partition coefficient (Wildman–Crippen LogP) is 7.58. The molecule has 0 heterocycles. The Bertz CT molecular complexity index is 1270. The lowest BCUT2D eigenvalue weighted by molar-refractivity contribution is 1.10. The van der Waals surface area contributed by atoms with Gasteiger partial charge in [-0.1, -0.05) is 78.9 Å². The largest absolute Gasteiger partial charge is 0.377 e. The van der Waals surface area contributed by atoms with E-state index in [0.29, 0.717) is 0 Å². The van der Waals surface area contributed by atoms with Crippen LogP contribution in [0.4, 0.5) is 11.4 Å². The average molecular weight is 447 g/mol. The van der Waals surface area contributed by atoms with Gasteiger partial charge in [0.2, 0.25) is 0 Å². The smallest absolute Gasteiger partial charge is 0.0397 e. The molecule has 0 spiro atoms. The highest BCUT2D eigenvalue weighted by Crippen LogP contribution is 2.33. The van der Waals surface area contributed by atoms with Crippen LogP contribution in [-0.2, 0) is 6.42 Å². The van der Waals surface area contributed by atoms with Crippen LogP contribution in [0.25, 0.3) is 22.8 Å². The van der Waals surface area contributed by atoms with Gasteiger partial charge in [-0.2, -0.15) is 0 Å². The average Bonchev–Trinajstić information content (AvgIpc) is 2.84. The minimum Gasteiger partial charge on any atom is -0.377 e. The number of rotatable bonds is 7. The Balaban J connectivity index is 1.78. The summed E-state index contributed by atoms with van der Waals surface area (Å²) < 4.78 is 0. The highest BCUT2D eigenvalue weighted by atomic mass is 15.1. The van der Waals surface area contributed by atoms with Gasteiger partial charge in [0.1, 0.15) is 0 Å². The number of benzene rings is 4. The molecule has 0 aliphatic carbocycles. The first-order valence-electron chi connectivity index (χ1n) is 11.8. The Morgan fingerprint density at radius 3 is 1.79 bits per heavy atom. The highest BCUT2D eigenvalue weighted by Gasteiger charge is 2.12. The molecule has 0 aliphatic heterocycles. The summed E-state index contributed by atoms with van der Waals surface area (Å²) in [6, 6.07) is 34.9. The lowest BCUT2D eigenvalue weighted by Crippen LogP contribution is -2.12. The molecule has 0 N–H and O–H groups in total. The summed E-state index contributed by atoms with van der Waals surface area (Å²) in [4.78, 5) is 4.38. The van der Waals surface area contributed by atoms with Crippen molar-refractivity contribution in [3.05, 3.63) is 119 Å². The number of anilines is 2. The quantitative estimate of drug-likeness (QED) is 0.270. The normalized spacial score (nSPS) is 11.4. The predicted molar refractivity (Wildman–Crippen MR) is 150 cm³/mol. The molecule has 0 aliphatic rings. The van der Waals surface area contributed by atoms with Crippen LogP contribution in [-0.4, -0.2) is 28.2 Å². The van der Waals surface area contributed by atoms with Gasteiger partial charge >= 0.3 is 0 Å². The minimum absolute atomic E-state index is 0.856. The second-order valence-corrected chi connectivity index (χ2v) is 9.26. The van der Waals surface area contributed by atoms with E-state index in [1.165, 1.54) is 50.3 Å². The molecule has 0 saturated heterocycles. The fraction of sp³-hybridized carbons (Fsp3) is 0.188. The third-order valence-electron chi connectivity index (χ3n) is 6.24. The summed E-state index contributed by atoms with van der Waals surface area (Å²) in [6.07, 6.45) is 3.17. The van der Waals surface area contributed by atoms with Crippen LogP contribution >= 0.6 is 0 Å². The van der Waals surface area contributed by atoms with Crippen LogP contribution in [0.2, 0.25) is 0 Å². The Labute approximate surface area is 204 Å². The van der Waals surface area contributed by atoms with E-state index in [9.17, 15) is 0 Å². The number of nitrogens with zero attached hydrogens (tertiary/aromatic N) is 2. The maximum Gasteiger partial charge on any atom is 0.0397 e. The lowest BCUT2D eigenvalue weighted by Gasteiger charge is -2.21. The van der Waals surface area contributed by atoms with Crippen molar-refractivity contribution in [1.29, 1.82) is 0 Å². The zero-order valence-corrected chi connectivity index (χ0v) is 20.9. The molecule has 0 unspecified atom stereocenters. The lowest BCUT2D eigenvalue weighted by atomic mass is 9.92. The van der Waals surface area contributed by atoms with Crippen molar-refractivity contribution in [2.24, 2.45) is 0 Å². The van der Waals surface area contributed by atoms with Crippen molar-refractivity contribution >= 4 is 23.0 Å². The molecule has 4 aromatic carbocycles. The van der Waals surface area contributed by atoms with Crippen LogP contribution < -0.4 is 9.80 Å². The molecule has 0 radical (unpaired) electrons. The zero-order chi connectivity index (χ0) is 24.1. The highest BCUT2D eigenvalue weighted by molar-refractivity contribution is 5.84. The Kier molecular flexibility index (Phi) is 7.18. The minimum atomic E-state index is 0.856. The molecule has 2 heteroatoms. The number of allylic oxidation sites excluding steroid dienone is 1. The molecule has 2 nitrogen and oxygen atoms in total. The topological polar surface area (TPSA) is 6.48 Å². The molecular weight excluding hydrogens is 412 g/mol. The molecule has 0 atom stereocenters.